The number of sulfonamides is 1. The molecule has 3 heterocycles. The number of ether oxygens (including phenoxy) is 2. The number of nitrogens with zero attached hydrogens (tertiary/aromatic N) is 6. The van der Waals surface area contributed by atoms with Crippen molar-refractivity contribution >= 4 is 16.0 Å². The van der Waals surface area contributed by atoms with E-state index in [-0.39, 0.29) is 6.29 Å². The SMILES string of the molecule is CS(=O)(=O)N1CCN(c2nc(CCC3OCCO3)nc(-c3ccc(C#N)cc3)n2)CC1. The Bertz CT molecular complexity index is 1060. The zero-order valence-corrected chi connectivity index (χ0v) is 18.1. The number of hydrogen-bond acceptors (Lipinski definition) is 9. The van der Waals surface area contributed by atoms with Gasteiger partial charge in [0.25, 0.3) is 0 Å². The quantitative estimate of drug-likeness (QED) is 0.636. The molecule has 1 aromatic heterocycles. The molecule has 2 aromatic rings. The van der Waals surface area contributed by atoms with Crippen LogP contribution in [0.15, 0.2) is 24.3 Å². The van der Waals surface area contributed by atoms with E-state index in [4.69, 9.17) is 14.7 Å². The lowest BCUT2D eigenvalue weighted by Gasteiger charge is -2.33. The van der Waals surface area contributed by atoms with E-state index in [1.165, 1.54) is 10.6 Å². The third-order valence-electron chi connectivity index (χ3n) is 5.23. The molecule has 4 rings (SSSR count). The normalized spacial score (nSPS) is 18.3. The highest BCUT2D eigenvalue weighted by molar-refractivity contribution is 7.88. The molecule has 0 radical (unpaired) electrons. The molecule has 1 aromatic carbocycles. The molecule has 11 heteroatoms. The highest BCUT2D eigenvalue weighted by Crippen LogP contribution is 2.21. The third-order valence-corrected chi connectivity index (χ3v) is 6.53. The van der Waals surface area contributed by atoms with Gasteiger partial charge in [0.05, 0.1) is 31.1 Å². The van der Waals surface area contributed by atoms with Crippen LogP contribution in [-0.2, 0) is 25.9 Å². The van der Waals surface area contributed by atoms with E-state index in [1.807, 2.05) is 17.0 Å². The van der Waals surface area contributed by atoms with E-state index < -0.39 is 10.0 Å². The third kappa shape index (κ3) is 5.34. The van der Waals surface area contributed by atoms with Crippen molar-refractivity contribution in [1.82, 2.24) is 19.3 Å². The van der Waals surface area contributed by atoms with Crippen LogP contribution in [0, 0.1) is 11.3 Å². The largest absolute Gasteiger partial charge is 0.350 e. The second kappa shape index (κ2) is 9.23. The number of benzene rings is 1. The maximum atomic E-state index is 11.8. The van der Waals surface area contributed by atoms with Gasteiger partial charge in [0.2, 0.25) is 16.0 Å². The van der Waals surface area contributed by atoms with Gasteiger partial charge in [0.15, 0.2) is 12.1 Å². The molecule has 10 nitrogen and oxygen atoms in total. The van der Waals surface area contributed by atoms with Crippen LogP contribution < -0.4 is 4.90 Å². The van der Waals surface area contributed by atoms with Crippen molar-refractivity contribution in [2.45, 2.75) is 19.1 Å². The zero-order chi connectivity index (χ0) is 21.8. The van der Waals surface area contributed by atoms with Crippen molar-refractivity contribution in [1.29, 1.82) is 5.26 Å². The molecule has 0 atom stereocenters. The summed E-state index contributed by atoms with van der Waals surface area (Å²) < 4.78 is 36.1. The average molecular weight is 445 g/mol. The van der Waals surface area contributed by atoms with E-state index >= 15 is 0 Å². The monoisotopic (exact) mass is 444 g/mol. The average Bonchev–Trinajstić information content (AvgIpc) is 3.31. The molecule has 0 spiro atoms. The molecule has 2 aliphatic rings. The van der Waals surface area contributed by atoms with Gasteiger partial charge in [-0.05, 0) is 24.3 Å². The molecule has 0 N–H and O–H groups in total. The van der Waals surface area contributed by atoms with Gasteiger partial charge in [0, 0.05) is 44.6 Å². The van der Waals surface area contributed by atoms with Crippen molar-refractivity contribution in [3.63, 3.8) is 0 Å². The highest BCUT2D eigenvalue weighted by Gasteiger charge is 2.26. The Labute approximate surface area is 181 Å². The first-order valence-corrected chi connectivity index (χ1v) is 12.0. The standard InChI is InChI=1S/C20H24N6O4S/c1-31(27,28)26-10-8-25(9-11-26)20-23-17(6-7-18-29-12-13-30-18)22-19(24-20)16-4-2-15(14-21)3-5-16/h2-5,18H,6-13H2,1H3. The first-order valence-electron chi connectivity index (χ1n) is 10.1. The summed E-state index contributed by atoms with van der Waals surface area (Å²) in [5.74, 6) is 1.66. The van der Waals surface area contributed by atoms with E-state index in [2.05, 4.69) is 21.0 Å². The van der Waals surface area contributed by atoms with Gasteiger partial charge in [-0.2, -0.15) is 19.5 Å². The molecule has 2 fully saturated rings. The fourth-order valence-electron chi connectivity index (χ4n) is 3.52. The Morgan fingerprint density at radius 2 is 1.74 bits per heavy atom. The molecule has 2 saturated heterocycles. The van der Waals surface area contributed by atoms with Crippen LogP contribution in [0.2, 0.25) is 0 Å². The fourth-order valence-corrected chi connectivity index (χ4v) is 4.35. The first kappa shape index (κ1) is 21.6. The van der Waals surface area contributed by atoms with Crippen LogP contribution in [0.1, 0.15) is 17.8 Å². The maximum Gasteiger partial charge on any atom is 0.229 e. The minimum Gasteiger partial charge on any atom is -0.350 e. The van der Waals surface area contributed by atoms with Crippen LogP contribution in [0.3, 0.4) is 0 Å². The number of aromatic nitrogens is 3. The van der Waals surface area contributed by atoms with Crippen LogP contribution in [0.4, 0.5) is 5.95 Å². The second-order valence-electron chi connectivity index (χ2n) is 7.42. The predicted molar refractivity (Wildman–Crippen MR) is 113 cm³/mol. The maximum absolute atomic E-state index is 11.8. The highest BCUT2D eigenvalue weighted by atomic mass is 32.2. The number of hydrogen-bond donors (Lipinski definition) is 0. The Morgan fingerprint density at radius 1 is 1.06 bits per heavy atom. The number of piperazine rings is 1. The molecule has 0 amide bonds. The molecular formula is C20H24N6O4S. The molecule has 0 bridgehead atoms. The molecular weight excluding hydrogens is 420 g/mol. The van der Waals surface area contributed by atoms with Crippen molar-refractivity contribution < 1.29 is 17.9 Å². The zero-order valence-electron chi connectivity index (χ0n) is 17.3. The summed E-state index contributed by atoms with van der Waals surface area (Å²) in [7, 11) is -3.22. The fraction of sp³-hybridized carbons (Fsp3) is 0.500. The molecule has 0 saturated carbocycles. The Morgan fingerprint density at radius 3 is 2.35 bits per heavy atom. The van der Waals surface area contributed by atoms with Gasteiger partial charge in [-0.1, -0.05) is 0 Å². The van der Waals surface area contributed by atoms with Crippen LogP contribution in [0.5, 0.6) is 0 Å². The molecule has 0 unspecified atom stereocenters. The number of rotatable bonds is 6. The lowest BCUT2D eigenvalue weighted by molar-refractivity contribution is -0.0465. The first-order chi connectivity index (χ1) is 14.9. The van der Waals surface area contributed by atoms with E-state index in [0.29, 0.717) is 75.4 Å². The molecule has 164 valence electrons. The summed E-state index contributed by atoms with van der Waals surface area (Å²) in [5.41, 5.74) is 1.35. The van der Waals surface area contributed by atoms with Gasteiger partial charge in [-0.15, -0.1) is 0 Å². The Hall–Kier alpha value is -2.65. The van der Waals surface area contributed by atoms with Gasteiger partial charge < -0.3 is 14.4 Å². The van der Waals surface area contributed by atoms with Crippen molar-refractivity contribution in [3.8, 4) is 17.5 Å². The summed E-state index contributed by atoms with van der Waals surface area (Å²) in [6, 6.07) is 9.18. The summed E-state index contributed by atoms with van der Waals surface area (Å²) in [6.45, 7) is 2.95. The lowest BCUT2D eigenvalue weighted by Crippen LogP contribution is -2.49. The summed E-state index contributed by atoms with van der Waals surface area (Å²) >= 11 is 0. The summed E-state index contributed by atoms with van der Waals surface area (Å²) in [5, 5.41) is 9.04. The smallest absolute Gasteiger partial charge is 0.229 e. The minimum atomic E-state index is -3.22. The number of aryl methyl sites for hydroxylation is 1. The van der Waals surface area contributed by atoms with Gasteiger partial charge >= 0.3 is 0 Å². The predicted octanol–water partition coefficient (Wildman–Crippen LogP) is 0.797. The van der Waals surface area contributed by atoms with E-state index in [1.54, 1.807) is 12.1 Å². The van der Waals surface area contributed by atoms with Gasteiger partial charge in [0.1, 0.15) is 5.82 Å². The van der Waals surface area contributed by atoms with Crippen molar-refractivity contribution in [3.05, 3.63) is 35.7 Å². The lowest BCUT2D eigenvalue weighted by atomic mass is 10.1. The number of anilines is 1. The summed E-state index contributed by atoms with van der Waals surface area (Å²) in [6.07, 6.45) is 2.17. The topological polar surface area (TPSA) is 122 Å². The van der Waals surface area contributed by atoms with Gasteiger partial charge in [-0.3, -0.25) is 0 Å². The van der Waals surface area contributed by atoms with Crippen LogP contribution in [-0.4, -0.2) is 79.6 Å². The van der Waals surface area contributed by atoms with E-state index in [0.717, 1.165) is 5.56 Å². The molecule has 0 aliphatic carbocycles. The number of nitriles is 1. The molecule has 2 aliphatic heterocycles. The molecule has 31 heavy (non-hydrogen) atoms. The van der Waals surface area contributed by atoms with Crippen molar-refractivity contribution in [2.75, 3.05) is 50.5 Å². The summed E-state index contributed by atoms with van der Waals surface area (Å²) in [4.78, 5) is 15.9. The van der Waals surface area contributed by atoms with Gasteiger partial charge in [-0.25, -0.2) is 13.4 Å². The second-order valence-corrected chi connectivity index (χ2v) is 9.41. The Kier molecular flexibility index (Phi) is 6.43. The van der Waals surface area contributed by atoms with Crippen LogP contribution in [0.25, 0.3) is 11.4 Å². The van der Waals surface area contributed by atoms with Crippen molar-refractivity contribution in [2.24, 2.45) is 0 Å². The Balaban J connectivity index is 1.58. The van der Waals surface area contributed by atoms with E-state index in [9.17, 15) is 8.42 Å². The minimum absolute atomic E-state index is 0.253. The van der Waals surface area contributed by atoms with Crippen LogP contribution >= 0.6 is 0 Å².